The van der Waals surface area contributed by atoms with Gasteiger partial charge in [0.2, 0.25) is 0 Å². The minimum Gasteiger partial charge on any atom is -0.495 e. The summed E-state index contributed by atoms with van der Waals surface area (Å²) in [5, 5.41) is 3.72. The van der Waals surface area contributed by atoms with Gasteiger partial charge in [0.15, 0.2) is 0 Å². The molecule has 0 atom stereocenters. The Morgan fingerprint density at radius 3 is 2.42 bits per heavy atom. The van der Waals surface area contributed by atoms with Gasteiger partial charge < -0.3 is 14.8 Å². The van der Waals surface area contributed by atoms with Crippen LogP contribution in [0, 0.1) is 6.92 Å². The van der Waals surface area contributed by atoms with Gasteiger partial charge in [0.1, 0.15) is 11.4 Å². The minimum atomic E-state index is -0.372. The van der Waals surface area contributed by atoms with Crippen LogP contribution in [0.3, 0.4) is 0 Å². The molecule has 0 unspecified atom stereocenters. The number of nitrogens with one attached hydrogen (secondary N) is 1. The Morgan fingerprint density at radius 2 is 1.77 bits per heavy atom. The molecular formula is C24H27ClN2O4. The summed E-state index contributed by atoms with van der Waals surface area (Å²) in [5.74, 6) is -0.133. The Balaban J connectivity index is 1.96. The molecule has 2 amide bonds. The van der Waals surface area contributed by atoms with Crippen LogP contribution in [0.5, 0.6) is 5.75 Å². The van der Waals surface area contributed by atoms with Crippen LogP contribution in [-0.4, -0.2) is 43.1 Å². The second kappa shape index (κ2) is 9.98. The Kier molecular flexibility index (Phi) is 7.36. The van der Waals surface area contributed by atoms with Gasteiger partial charge in [-0.25, -0.2) is 0 Å². The molecule has 0 saturated carbocycles. The number of benzene rings is 2. The zero-order valence-corrected chi connectivity index (χ0v) is 19.0. The van der Waals surface area contributed by atoms with Crippen LogP contribution in [-0.2, 0) is 14.3 Å². The quantitative estimate of drug-likeness (QED) is 0.451. The summed E-state index contributed by atoms with van der Waals surface area (Å²) in [5.41, 5.74) is 2.78. The van der Waals surface area contributed by atoms with Crippen LogP contribution in [0.4, 0.5) is 5.69 Å². The molecule has 0 fully saturated rings. The highest BCUT2D eigenvalue weighted by atomic mass is 35.5. The van der Waals surface area contributed by atoms with Crippen LogP contribution in [0.15, 0.2) is 48.2 Å². The lowest BCUT2D eigenvalue weighted by Gasteiger charge is -2.16. The van der Waals surface area contributed by atoms with Gasteiger partial charge >= 0.3 is 0 Å². The van der Waals surface area contributed by atoms with Crippen LogP contribution in [0.1, 0.15) is 31.4 Å². The molecule has 2 aromatic carbocycles. The van der Waals surface area contributed by atoms with Crippen molar-refractivity contribution in [3.05, 3.63) is 64.3 Å². The van der Waals surface area contributed by atoms with E-state index in [4.69, 9.17) is 21.1 Å². The predicted octanol–water partition coefficient (Wildman–Crippen LogP) is 4.66. The Morgan fingerprint density at radius 1 is 1.06 bits per heavy atom. The van der Waals surface area contributed by atoms with Gasteiger partial charge in [-0.3, -0.25) is 14.5 Å². The molecule has 2 aromatic rings. The van der Waals surface area contributed by atoms with E-state index in [1.165, 1.54) is 4.90 Å². The summed E-state index contributed by atoms with van der Waals surface area (Å²) >= 11 is 6.02. The standard InChI is InChI=1S/C24H27ClN2O4/c1-15(2)31-13-5-12-27-23(28)21(17-7-9-18(25)10-8-17)22(24(27)29)26-19-14-16(3)6-11-20(19)30-4/h6-11,14-15,26H,5,12-13H2,1-4H3. The van der Waals surface area contributed by atoms with Gasteiger partial charge in [0, 0.05) is 18.2 Å². The molecule has 7 heteroatoms. The minimum absolute atomic E-state index is 0.0961. The maximum atomic E-state index is 13.3. The van der Waals surface area contributed by atoms with E-state index < -0.39 is 0 Å². The van der Waals surface area contributed by atoms with Crippen LogP contribution in [0.2, 0.25) is 5.02 Å². The molecular weight excluding hydrogens is 416 g/mol. The first-order valence-corrected chi connectivity index (χ1v) is 10.6. The fourth-order valence-electron chi connectivity index (χ4n) is 3.38. The van der Waals surface area contributed by atoms with Crippen molar-refractivity contribution in [1.29, 1.82) is 0 Å². The number of hydrogen-bond acceptors (Lipinski definition) is 5. The molecule has 0 bridgehead atoms. The van der Waals surface area contributed by atoms with Crippen molar-refractivity contribution in [2.45, 2.75) is 33.3 Å². The third-order valence-corrected chi connectivity index (χ3v) is 5.14. The zero-order valence-electron chi connectivity index (χ0n) is 18.2. The maximum Gasteiger partial charge on any atom is 0.278 e. The van der Waals surface area contributed by atoms with Crippen molar-refractivity contribution in [3.8, 4) is 5.75 Å². The van der Waals surface area contributed by atoms with Crippen molar-refractivity contribution in [2.75, 3.05) is 25.6 Å². The molecule has 3 rings (SSSR count). The summed E-state index contributed by atoms with van der Waals surface area (Å²) in [4.78, 5) is 27.8. The summed E-state index contributed by atoms with van der Waals surface area (Å²) in [6.45, 7) is 6.59. The highest BCUT2D eigenvalue weighted by Crippen LogP contribution is 2.34. The summed E-state index contributed by atoms with van der Waals surface area (Å²) in [6.07, 6.45) is 0.656. The van der Waals surface area contributed by atoms with Crippen molar-refractivity contribution in [1.82, 2.24) is 4.90 Å². The molecule has 164 valence electrons. The number of imide groups is 1. The van der Waals surface area contributed by atoms with Crippen LogP contribution in [0.25, 0.3) is 5.57 Å². The predicted molar refractivity (Wildman–Crippen MR) is 122 cm³/mol. The molecule has 0 spiro atoms. The highest BCUT2D eigenvalue weighted by Gasteiger charge is 2.39. The van der Waals surface area contributed by atoms with E-state index in [1.54, 1.807) is 31.4 Å². The van der Waals surface area contributed by atoms with Crippen molar-refractivity contribution in [3.63, 3.8) is 0 Å². The largest absolute Gasteiger partial charge is 0.495 e. The normalized spacial score (nSPS) is 14.1. The molecule has 6 nitrogen and oxygen atoms in total. The summed E-state index contributed by atoms with van der Waals surface area (Å²) < 4.78 is 11.0. The van der Waals surface area contributed by atoms with E-state index in [1.807, 2.05) is 39.0 Å². The van der Waals surface area contributed by atoms with E-state index in [0.717, 1.165) is 5.56 Å². The second-order valence-corrected chi connectivity index (χ2v) is 8.06. The summed E-state index contributed by atoms with van der Waals surface area (Å²) in [6, 6.07) is 12.5. The van der Waals surface area contributed by atoms with Gasteiger partial charge in [-0.15, -0.1) is 0 Å². The molecule has 0 radical (unpaired) electrons. The van der Waals surface area contributed by atoms with E-state index in [9.17, 15) is 9.59 Å². The monoisotopic (exact) mass is 442 g/mol. The lowest BCUT2D eigenvalue weighted by Crippen LogP contribution is -2.34. The lowest BCUT2D eigenvalue weighted by atomic mass is 10.0. The smallest absolute Gasteiger partial charge is 0.278 e. The fourth-order valence-corrected chi connectivity index (χ4v) is 3.50. The molecule has 0 aromatic heterocycles. The average molecular weight is 443 g/mol. The number of anilines is 1. The third-order valence-electron chi connectivity index (χ3n) is 4.89. The fraction of sp³-hybridized carbons (Fsp3) is 0.333. The van der Waals surface area contributed by atoms with Crippen LogP contribution >= 0.6 is 11.6 Å². The Labute approximate surface area is 187 Å². The van der Waals surface area contributed by atoms with Gasteiger partial charge in [-0.05, 0) is 62.6 Å². The van der Waals surface area contributed by atoms with Crippen LogP contribution < -0.4 is 10.1 Å². The van der Waals surface area contributed by atoms with Gasteiger partial charge in [-0.1, -0.05) is 29.8 Å². The van der Waals surface area contributed by atoms with Crippen molar-refractivity contribution >= 4 is 34.7 Å². The number of methoxy groups -OCH3 is 1. The number of carbonyl (C=O) groups excluding carboxylic acids is 2. The molecule has 0 aliphatic carbocycles. The lowest BCUT2D eigenvalue weighted by molar-refractivity contribution is -0.137. The second-order valence-electron chi connectivity index (χ2n) is 7.62. The van der Waals surface area contributed by atoms with Gasteiger partial charge in [0.25, 0.3) is 11.8 Å². The molecule has 1 aliphatic heterocycles. The first-order valence-electron chi connectivity index (χ1n) is 10.2. The number of carbonyl (C=O) groups is 2. The molecule has 31 heavy (non-hydrogen) atoms. The zero-order chi connectivity index (χ0) is 22.5. The first-order chi connectivity index (χ1) is 14.8. The number of ether oxygens (including phenoxy) is 2. The number of hydrogen-bond donors (Lipinski definition) is 1. The number of amides is 2. The topological polar surface area (TPSA) is 67.9 Å². The third kappa shape index (κ3) is 5.27. The number of halogens is 1. The average Bonchev–Trinajstić information content (AvgIpc) is 2.96. The van der Waals surface area contributed by atoms with Gasteiger partial charge in [-0.2, -0.15) is 0 Å². The van der Waals surface area contributed by atoms with E-state index >= 15 is 0 Å². The molecule has 1 aliphatic rings. The highest BCUT2D eigenvalue weighted by molar-refractivity contribution is 6.37. The molecule has 0 saturated heterocycles. The number of aryl methyl sites for hydroxylation is 1. The number of nitrogens with zero attached hydrogens (tertiary/aromatic N) is 1. The van der Waals surface area contributed by atoms with Crippen molar-refractivity contribution < 1.29 is 19.1 Å². The van der Waals surface area contributed by atoms with E-state index in [2.05, 4.69) is 5.32 Å². The van der Waals surface area contributed by atoms with E-state index in [0.29, 0.717) is 40.6 Å². The number of rotatable bonds is 9. The van der Waals surface area contributed by atoms with E-state index in [-0.39, 0.29) is 30.2 Å². The van der Waals surface area contributed by atoms with Crippen molar-refractivity contribution in [2.24, 2.45) is 0 Å². The Hall–Kier alpha value is -2.83. The SMILES string of the molecule is COc1ccc(C)cc1NC1=C(c2ccc(Cl)cc2)C(=O)N(CCCOC(C)C)C1=O. The summed E-state index contributed by atoms with van der Waals surface area (Å²) in [7, 11) is 1.56. The molecule has 1 heterocycles. The molecule has 1 N–H and O–H groups in total. The first kappa shape index (κ1) is 22.8. The maximum absolute atomic E-state index is 13.3. The Bertz CT molecular complexity index is 999. The van der Waals surface area contributed by atoms with Gasteiger partial charge in [0.05, 0.1) is 24.5 Å².